The van der Waals surface area contributed by atoms with Gasteiger partial charge in [-0.1, -0.05) is 43.2 Å². The average molecular weight is 278 g/mol. The predicted octanol–water partition coefficient (Wildman–Crippen LogP) is 1.84. The highest BCUT2D eigenvalue weighted by molar-refractivity contribution is 5.13. The van der Waals surface area contributed by atoms with Crippen molar-refractivity contribution in [3.63, 3.8) is 0 Å². The number of hydrogen-bond donors (Lipinski definition) is 2. The lowest BCUT2D eigenvalue weighted by molar-refractivity contribution is -0.144. The Hall–Kier alpha value is -0.940. The summed E-state index contributed by atoms with van der Waals surface area (Å²) in [6.07, 6.45) is 1.87. The third-order valence-corrected chi connectivity index (χ3v) is 4.66. The molecule has 4 nitrogen and oxygen atoms in total. The van der Waals surface area contributed by atoms with E-state index in [1.807, 2.05) is 30.3 Å². The van der Waals surface area contributed by atoms with Crippen LogP contribution in [0.25, 0.3) is 0 Å². The molecule has 1 spiro atoms. The summed E-state index contributed by atoms with van der Waals surface area (Å²) in [6.45, 7) is 0.811. The smallest absolute Gasteiger partial charge is 0.163 e. The predicted molar refractivity (Wildman–Crippen MR) is 73.9 cm³/mol. The molecule has 110 valence electrons. The molecular weight excluding hydrogens is 256 g/mol. The minimum absolute atomic E-state index is 0.314. The van der Waals surface area contributed by atoms with Crippen LogP contribution in [0.5, 0.6) is 0 Å². The van der Waals surface area contributed by atoms with Gasteiger partial charge in [0.25, 0.3) is 0 Å². The largest absolute Gasteiger partial charge is 0.390 e. The Bertz CT molecular complexity index is 427. The molecular formula is C16H22O4. The Morgan fingerprint density at radius 1 is 1.15 bits per heavy atom. The summed E-state index contributed by atoms with van der Waals surface area (Å²) in [5, 5.41) is 20.5. The van der Waals surface area contributed by atoms with Crippen molar-refractivity contribution in [3.05, 3.63) is 35.9 Å². The highest BCUT2D eigenvalue weighted by Gasteiger charge is 2.56. The van der Waals surface area contributed by atoms with E-state index < -0.39 is 23.9 Å². The number of aliphatic hydroxyl groups is 2. The second kappa shape index (κ2) is 5.82. The number of hydrogen-bond acceptors (Lipinski definition) is 4. The molecule has 0 radical (unpaired) electrons. The molecule has 0 unspecified atom stereocenters. The van der Waals surface area contributed by atoms with Gasteiger partial charge in [-0.15, -0.1) is 0 Å². The van der Waals surface area contributed by atoms with Crippen LogP contribution in [0.4, 0.5) is 0 Å². The second-order valence-electron chi connectivity index (χ2n) is 5.91. The molecule has 1 aromatic rings. The van der Waals surface area contributed by atoms with E-state index in [-0.39, 0.29) is 0 Å². The minimum Gasteiger partial charge on any atom is -0.390 e. The van der Waals surface area contributed by atoms with Gasteiger partial charge >= 0.3 is 0 Å². The Morgan fingerprint density at radius 3 is 2.55 bits per heavy atom. The van der Waals surface area contributed by atoms with Crippen LogP contribution in [0.15, 0.2) is 30.3 Å². The van der Waals surface area contributed by atoms with Gasteiger partial charge in [0.1, 0.15) is 6.10 Å². The van der Waals surface area contributed by atoms with E-state index in [9.17, 15) is 10.2 Å². The maximum atomic E-state index is 10.4. The third-order valence-electron chi connectivity index (χ3n) is 4.66. The van der Waals surface area contributed by atoms with Crippen molar-refractivity contribution in [2.24, 2.45) is 5.41 Å². The van der Waals surface area contributed by atoms with Crippen molar-refractivity contribution >= 4 is 0 Å². The lowest BCUT2D eigenvalue weighted by Crippen LogP contribution is -2.39. The zero-order valence-corrected chi connectivity index (χ0v) is 11.6. The molecule has 1 saturated heterocycles. The zero-order valence-electron chi connectivity index (χ0n) is 11.6. The number of benzene rings is 1. The normalized spacial score (nSPS) is 32.0. The lowest BCUT2D eigenvalue weighted by Gasteiger charge is -2.29. The molecule has 2 fully saturated rings. The van der Waals surface area contributed by atoms with Crippen molar-refractivity contribution in [3.8, 4) is 0 Å². The molecule has 20 heavy (non-hydrogen) atoms. The van der Waals surface area contributed by atoms with Gasteiger partial charge in [-0.05, 0) is 18.4 Å². The van der Waals surface area contributed by atoms with Crippen molar-refractivity contribution < 1.29 is 19.7 Å². The van der Waals surface area contributed by atoms with Gasteiger partial charge in [0.15, 0.2) is 6.29 Å². The van der Waals surface area contributed by atoms with Crippen LogP contribution >= 0.6 is 0 Å². The summed E-state index contributed by atoms with van der Waals surface area (Å²) in [7, 11) is 0. The maximum absolute atomic E-state index is 10.4. The summed E-state index contributed by atoms with van der Waals surface area (Å²) in [5.74, 6) is 0. The van der Waals surface area contributed by atoms with Gasteiger partial charge in [-0.3, -0.25) is 0 Å². The van der Waals surface area contributed by atoms with E-state index in [4.69, 9.17) is 9.47 Å². The molecule has 4 heteroatoms. The van der Waals surface area contributed by atoms with Crippen LogP contribution in [0.1, 0.15) is 31.2 Å². The molecule has 0 bridgehead atoms. The summed E-state index contributed by atoms with van der Waals surface area (Å²) >= 11 is 0. The molecule has 1 aliphatic heterocycles. The fraction of sp³-hybridized carbons (Fsp3) is 0.625. The van der Waals surface area contributed by atoms with Crippen molar-refractivity contribution in [1.82, 2.24) is 0 Å². The quantitative estimate of drug-likeness (QED) is 0.882. The first kappa shape index (κ1) is 14.0. The molecule has 2 N–H and O–H groups in total. The Labute approximate surface area is 119 Å². The van der Waals surface area contributed by atoms with Crippen LogP contribution < -0.4 is 0 Å². The summed E-state index contributed by atoms with van der Waals surface area (Å²) in [4.78, 5) is 0. The zero-order chi connectivity index (χ0) is 14.0. The van der Waals surface area contributed by atoms with Crippen molar-refractivity contribution in [2.75, 3.05) is 6.61 Å². The van der Waals surface area contributed by atoms with Crippen molar-refractivity contribution in [1.29, 1.82) is 0 Å². The fourth-order valence-electron chi connectivity index (χ4n) is 3.47. The van der Waals surface area contributed by atoms with E-state index in [0.717, 1.165) is 31.2 Å². The second-order valence-corrected chi connectivity index (χ2v) is 5.91. The number of aliphatic hydroxyl groups excluding tert-OH is 2. The summed E-state index contributed by atoms with van der Waals surface area (Å²) < 4.78 is 11.2. The fourth-order valence-corrected chi connectivity index (χ4v) is 3.47. The van der Waals surface area contributed by atoms with Crippen molar-refractivity contribution in [2.45, 2.75) is 50.8 Å². The highest BCUT2D eigenvalue weighted by Crippen LogP contribution is 2.50. The molecule has 0 aromatic heterocycles. The van der Waals surface area contributed by atoms with Gasteiger partial charge < -0.3 is 19.7 Å². The highest BCUT2D eigenvalue weighted by atomic mass is 16.6. The molecule has 0 amide bonds. The topological polar surface area (TPSA) is 58.9 Å². The molecule has 3 atom stereocenters. The van der Waals surface area contributed by atoms with Crippen LogP contribution in [0, 0.1) is 5.41 Å². The van der Waals surface area contributed by atoms with Gasteiger partial charge in [0.05, 0.1) is 19.3 Å². The lowest BCUT2D eigenvalue weighted by atomic mass is 9.80. The molecule has 1 aliphatic carbocycles. The average Bonchev–Trinajstić information content (AvgIpc) is 3.04. The van der Waals surface area contributed by atoms with E-state index in [1.165, 1.54) is 0 Å². The van der Waals surface area contributed by atoms with Crippen LogP contribution in [0.3, 0.4) is 0 Å². The van der Waals surface area contributed by atoms with Crippen LogP contribution in [-0.2, 0) is 16.1 Å². The monoisotopic (exact) mass is 278 g/mol. The van der Waals surface area contributed by atoms with Gasteiger partial charge in [-0.25, -0.2) is 0 Å². The molecule has 1 heterocycles. The third kappa shape index (κ3) is 2.49. The Morgan fingerprint density at radius 2 is 1.85 bits per heavy atom. The van der Waals surface area contributed by atoms with E-state index in [0.29, 0.717) is 13.2 Å². The Balaban J connectivity index is 1.54. The van der Waals surface area contributed by atoms with Crippen LogP contribution in [0.2, 0.25) is 0 Å². The minimum atomic E-state index is -0.856. The summed E-state index contributed by atoms with van der Waals surface area (Å²) in [5.41, 5.74) is 0.636. The first-order valence-corrected chi connectivity index (χ1v) is 7.36. The van der Waals surface area contributed by atoms with E-state index in [2.05, 4.69) is 0 Å². The number of rotatable bonds is 4. The van der Waals surface area contributed by atoms with E-state index >= 15 is 0 Å². The maximum Gasteiger partial charge on any atom is 0.163 e. The molecule has 3 rings (SSSR count). The SMILES string of the molecule is O[C@@H]1O[C@H](COCc2ccccc2)[C@@H](O)C12CCCC2. The molecule has 1 saturated carbocycles. The van der Waals surface area contributed by atoms with E-state index in [1.54, 1.807) is 0 Å². The van der Waals surface area contributed by atoms with Gasteiger partial charge in [0.2, 0.25) is 0 Å². The Kier molecular flexibility index (Phi) is 4.08. The standard InChI is InChI=1S/C16H22O4/c17-14-13(11-19-10-12-6-2-1-3-7-12)20-15(18)16(14)8-4-5-9-16/h1-3,6-7,13-15,17-18H,4-5,8-11H2/t13-,14-,15-/m1/s1. The van der Waals surface area contributed by atoms with Crippen LogP contribution in [-0.4, -0.2) is 35.3 Å². The number of ether oxygens (including phenoxy) is 2. The molecule has 1 aromatic carbocycles. The first-order valence-electron chi connectivity index (χ1n) is 7.36. The molecule has 2 aliphatic rings. The van der Waals surface area contributed by atoms with Gasteiger partial charge in [0, 0.05) is 5.41 Å². The first-order chi connectivity index (χ1) is 9.72. The van der Waals surface area contributed by atoms with Gasteiger partial charge in [-0.2, -0.15) is 0 Å². The summed E-state index contributed by atoms with van der Waals surface area (Å²) in [6, 6.07) is 9.90.